The second-order valence-corrected chi connectivity index (χ2v) is 7.08. The van der Waals surface area contributed by atoms with Gasteiger partial charge in [-0.05, 0) is 64.4 Å². The number of carbonyl (C=O) groups excluding carboxylic acids is 1. The molecule has 1 aromatic carbocycles. The predicted molar refractivity (Wildman–Crippen MR) is 98.7 cm³/mol. The highest BCUT2D eigenvalue weighted by Gasteiger charge is 2.27. The second kappa shape index (κ2) is 9.09. The molecule has 0 spiro atoms. The number of benzene rings is 1. The summed E-state index contributed by atoms with van der Waals surface area (Å²) in [5.41, 5.74) is 0.999. The lowest BCUT2D eigenvalue weighted by molar-refractivity contribution is -0.138. The van der Waals surface area contributed by atoms with Crippen molar-refractivity contribution in [2.75, 3.05) is 32.0 Å². The fourth-order valence-corrected chi connectivity index (χ4v) is 3.40. The normalized spacial score (nSPS) is 19.8. The number of hydrogen-bond acceptors (Lipinski definition) is 4. The molecular formula is C19H28FN3O3. The minimum atomic E-state index is -0.832. The lowest BCUT2D eigenvalue weighted by atomic mass is 10.1. The molecule has 2 atom stereocenters. The van der Waals surface area contributed by atoms with Crippen LogP contribution in [0.1, 0.15) is 31.7 Å². The van der Waals surface area contributed by atoms with Crippen LogP contribution < -0.4 is 5.32 Å². The first-order valence-corrected chi connectivity index (χ1v) is 9.01. The number of nitrogens with one attached hydrogen (secondary N) is 1. The molecule has 1 heterocycles. The topological polar surface area (TPSA) is 72.9 Å². The lowest BCUT2D eigenvalue weighted by Crippen LogP contribution is -2.43. The summed E-state index contributed by atoms with van der Waals surface area (Å²) in [5, 5.41) is 11.6. The highest BCUT2D eigenvalue weighted by atomic mass is 19.1. The number of aliphatic carboxylic acids is 1. The van der Waals surface area contributed by atoms with Crippen LogP contribution in [0.4, 0.5) is 10.1 Å². The third-order valence-corrected chi connectivity index (χ3v) is 5.05. The number of aryl methyl sites for hydroxylation is 1. The first-order valence-electron chi connectivity index (χ1n) is 9.01. The number of likely N-dealkylation sites (N-methyl/N-ethyl adjacent to an activating group) is 1. The standard InChI is InChI=1S/C19H28FN3O3/c1-13-6-7-17(16(20)11-13)21-19(26)14(2)23-9-4-5-15(8-10-23)22(3)12-18(24)25/h6-7,11,14-15H,4-5,8-10,12H2,1-3H3,(H,21,26)(H,24,25). The Bertz CT molecular complexity index is 653. The maximum Gasteiger partial charge on any atom is 0.317 e. The van der Waals surface area contributed by atoms with E-state index in [4.69, 9.17) is 5.11 Å². The number of carbonyl (C=O) groups is 2. The zero-order valence-corrected chi connectivity index (χ0v) is 15.7. The number of rotatable bonds is 6. The third kappa shape index (κ3) is 5.51. The Morgan fingerprint density at radius 2 is 2.12 bits per heavy atom. The molecule has 144 valence electrons. The summed E-state index contributed by atoms with van der Waals surface area (Å²) < 4.78 is 13.9. The molecule has 1 aliphatic rings. The fraction of sp³-hybridized carbons (Fsp3) is 0.579. The van der Waals surface area contributed by atoms with Crippen molar-refractivity contribution in [1.29, 1.82) is 0 Å². The van der Waals surface area contributed by atoms with Gasteiger partial charge in [-0.25, -0.2) is 4.39 Å². The van der Waals surface area contributed by atoms with Crippen LogP contribution in [-0.4, -0.2) is 65.5 Å². The number of carboxylic acid groups (broad SMARTS) is 1. The van der Waals surface area contributed by atoms with Crippen LogP contribution in [0.15, 0.2) is 18.2 Å². The summed E-state index contributed by atoms with van der Waals surface area (Å²) in [7, 11) is 1.82. The summed E-state index contributed by atoms with van der Waals surface area (Å²) in [6.45, 7) is 5.12. The first-order chi connectivity index (χ1) is 12.3. The molecule has 0 aromatic heterocycles. The van der Waals surface area contributed by atoms with Gasteiger partial charge in [-0.1, -0.05) is 6.07 Å². The molecule has 2 rings (SSSR count). The molecule has 1 fully saturated rings. The molecule has 2 unspecified atom stereocenters. The minimum Gasteiger partial charge on any atom is -0.480 e. The Kier molecular flexibility index (Phi) is 7.11. The molecule has 6 nitrogen and oxygen atoms in total. The summed E-state index contributed by atoms with van der Waals surface area (Å²) in [5.74, 6) is -1.50. The maximum atomic E-state index is 13.9. The number of likely N-dealkylation sites (tertiary alicyclic amines) is 1. The van der Waals surface area contributed by atoms with Crippen molar-refractivity contribution >= 4 is 17.6 Å². The Morgan fingerprint density at radius 3 is 2.77 bits per heavy atom. The van der Waals surface area contributed by atoms with Gasteiger partial charge in [-0.3, -0.25) is 19.4 Å². The van der Waals surface area contributed by atoms with Gasteiger partial charge < -0.3 is 10.4 Å². The van der Waals surface area contributed by atoms with E-state index < -0.39 is 11.8 Å². The maximum absolute atomic E-state index is 13.9. The van der Waals surface area contributed by atoms with E-state index in [1.54, 1.807) is 19.1 Å². The van der Waals surface area contributed by atoms with Crippen molar-refractivity contribution in [2.45, 2.75) is 45.2 Å². The number of amides is 1. The van der Waals surface area contributed by atoms with Gasteiger partial charge in [-0.15, -0.1) is 0 Å². The Balaban J connectivity index is 1.93. The Hall–Kier alpha value is -1.99. The number of nitrogens with zero attached hydrogens (tertiary/aromatic N) is 2. The quantitative estimate of drug-likeness (QED) is 0.810. The van der Waals surface area contributed by atoms with Crippen LogP contribution in [0.5, 0.6) is 0 Å². The van der Waals surface area contributed by atoms with E-state index in [9.17, 15) is 14.0 Å². The molecule has 0 radical (unpaired) electrons. The molecule has 1 aliphatic heterocycles. The van der Waals surface area contributed by atoms with Crippen molar-refractivity contribution in [3.05, 3.63) is 29.6 Å². The summed E-state index contributed by atoms with van der Waals surface area (Å²) in [6, 6.07) is 4.56. The van der Waals surface area contributed by atoms with E-state index in [2.05, 4.69) is 10.2 Å². The lowest BCUT2D eigenvalue weighted by Gasteiger charge is -2.28. The average Bonchev–Trinajstić information content (AvgIpc) is 2.82. The molecule has 0 bridgehead atoms. The molecule has 0 saturated carbocycles. The summed E-state index contributed by atoms with van der Waals surface area (Å²) in [4.78, 5) is 27.3. The molecule has 0 aliphatic carbocycles. The largest absolute Gasteiger partial charge is 0.480 e. The molecule has 1 saturated heterocycles. The van der Waals surface area contributed by atoms with E-state index in [0.29, 0.717) is 6.54 Å². The average molecular weight is 365 g/mol. The summed E-state index contributed by atoms with van der Waals surface area (Å²) >= 11 is 0. The van der Waals surface area contributed by atoms with E-state index in [0.717, 1.165) is 31.4 Å². The number of anilines is 1. The van der Waals surface area contributed by atoms with Crippen LogP contribution in [0.2, 0.25) is 0 Å². The predicted octanol–water partition coefficient (Wildman–Crippen LogP) is 2.33. The fourth-order valence-electron chi connectivity index (χ4n) is 3.40. The molecule has 2 N–H and O–H groups in total. The van der Waals surface area contributed by atoms with Gasteiger partial charge in [0.25, 0.3) is 0 Å². The van der Waals surface area contributed by atoms with Gasteiger partial charge in [0.15, 0.2) is 0 Å². The van der Waals surface area contributed by atoms with E-state index >= 15 is 0 Å². The van der Waals surface area contributed by atoms with Crippen LogP contribution in [0, 0.1) is 12.7 Å². The number of halogens is 1. The van der Waals surface area contributed by atoms with Crippen LogP contribution >= 0.6 is 0 Å². The SMILES string of the molecule is Cc1ccc(NC(=O)C(C)N2CCCC(N(C)CC(=O)O)CC2)c(F)c1. The van der Waals surface area contributed by atoms with Gasteiger partial charge in [0.05, 0.1) is 18.3 Å². The van der Waals surface area contributed by atoms with Gasteiger partial charge in [0, 0.05) is 12.6 Å². The van der Waals surface area contributed by atoms with E-state index in [-0.39, 0.29) is 30.2 Å². The molecule has 1 aromatic rings. The zero-order valence-electron chi connectivity index (χ0n) is 15.7. The van der Waals surface area contributed by atoms with Gasteiger partial charge >= 0.3 is 5.97 Å². The van der Waals surface area contributed by atoms with Crippen LogP contribution in [0.3, 0.4) is 0 Å². The Morgan fingerprint density at radius 1 is 1.38 bits per heavy atom. The van der Waals surface area contributed by atoms with Gasteiger partial charge in [-0.2, -0.15) is 0 Å². The summed E-state index contributed by atoms with van der Waals surface area (Å²) in [6.07, 6.45) is 2.60. The first kappa shape index (κ1) is 20.3. The van der Waals surface area contributed by atoms with Gasteiger partial charge in [0.2, 0.25) is 5.91 Å². The van der Waals surface area contributed by atoms with E-state index in [1.165, 1.54) is 6.07 Å². The molecule has 26 heavy (non-hydrogen) atoms. The van der Waals surface area contributed by atoms with E-state index in [1.807, 2.05) is 18.9 Å². The van der Waals surface area contributed by atoms with Crippen LogP contribution in [-0.2, 0) is 9.59 Å². The van der Waals surface area contributed by atoms with Crippen molar-refractivity contribution in [3.63, 3.8) is 0 Å². The Labute approximate surface area is 154 Å². The molecule has 1 amide bonds. The minimum absolute atomic E-state index is 0.0212. The van der Waals surface area contributed by atoms with Crippen molar-refractivity contribution in [2.24, 2.45) is 0 Å². The van der Waals surface area contributed by atoms with Crippen molar-refractivity contribution in [3.8, 4) is 0 Å². The second-order valence-electron chi connectivity index (χ2n) is 7.08. The third-order valence-electron chi connectivity index (χ3n) is 5.05. The molecule has 7 heteroatoms. The smallest absolute Gasteiger partial charge is 0.317 e. The van der Waals surface area contributed by atoms with Gasteiger partial charge in [0.1, 0.15) is 5.82 Å². The zero-order chi connectivity index (χ0) is 19.3. The number of carboxylic acids is 1. The highest BCUT2D eigenvalue weighted by Crippen LogP contribution is 2.19. The van der Waals surface area contributed by atoms with Crippen molar-refractivity contribution in [1.82, 2.24) is 9.80 Å². The highest BCUT2D eigenvalue weighted by molar-refractivity contribution is 5.94. The van der Waals surface area contributed by atoms with Crippen molar-refractivity contribution < 1.29 is 19.1 Å². The monoisotopic (exact) mass is 365 g/mol. The molecular weight excluding hydrogens is 337 g/mol. The number of hydrogen-bond donors (Lipinski definition) is 2. The van der Waals surface area contributed by atoms with Crippen LogP contribution in [0.25, 0.3) is 0 Å².